The maximum absolute atomic E-state index is 13.0. The number of rotatable bonds is 8. The Hall–Kier alpha value is -3.01. The molecule has 0 aromatic heterocycles. The van der Waals surface area contributed by atoms with Crippen LogP contribution in [-0.4, -0.2) is 29.3 Å². The summed E-state index contributed by atoms with van der Waals surface area (Å²) in [5.41, 5.74) is 2.75. The highest BCUT2D eigenvalue weighted by atomic mass is 32.2. The van der Waals surface area contributed by atoms with Gasteiger partial charge in [-0.15, -0.1) is 0 Å². The van der Waals surface area contributed by atoms with Crippen LogP contribution in [0.1, 0.15) is 42.0 Å². The normalized spacial score (nSPS) is 15.9. The van der Waals surface area contributed by atoms with Gasteiger partial charge in [-0.2, -0.15) is 0 Å². The van der Waals surface area contributed by atoms with Crippen LogP contribution in [0.2, 0.25) is 0 Å². The second kappa shape index (κ2) is 10.3. The quantitative estimate of drug-likeness (QED) is 0.478. The number of fused-ring (bicyclic) bond motifs is 1. The molecule has 2 N–H and O–H groups in total. The van der Waals surface area contributed by atoms with Crippen LogP contribution in [0.25, 0.3) is 0 Å². The molecule has 1 atom stereocenters. The Labute approximate surface area is 206 Å². The average Bonchev–Trinajstić information content (AvgIpc) is 2.85. The van der Waals surface area contributed by atoms with Crippen molar-refractivity contribution < 1.29 is 21.6 Å². The molecule has 0 radical (unpaired) electrons. The Bertz CT molecular complexity index is 1440. The Morgan fingerprint density at radius 1 is 0.914 bits per heavy atom. The number of carbonyl (C=O) groups excluding carboxylic acids is 1. The van der Waals surface area contributed by atoms with Crippen molar-refractivity contribution in [2.45, 2.75) is 53.3 Å². The lowest BCUT2D eigenvalue weighted by atomic mass is 9.88. The average molecular weight is 513 g/mol. The molecule has 0 heterocycles. The Morgan fingerprint density at radius 3 is 2.40 bits per heavy atom. The van der Waals surface area contributed by atoms with Crippen LogP contribution in [0, 0.1) is 6.92 Å². The Morgan fingerprint density at radius 2 is 1.63 bits per heavy atom. The molecule has 1 aliphatic carbocycles. The maximum atomic E-state index is 13.0. The standard InChI is InChI=1S/C26H28N2O5S2/c1-19-14-15-22(34(30,31)21-10-3-2-4-11-21)18-25(19)35(32,33)27-17-16-26(29)28-24-13-7-9-20-8-5-6-12-23(20)24/h2-6,8,10-12,14-15,18,24,27H,7,9,13,16-17H2,1H3,(H,28,29). The number of hydrogen-bond donors (Lipinski definition) is 2. The molecule has 0 saturated heterocycles. The van der Waals surface area contributed by atoms with Gasteiger partial charge in [0.05, 0.1) is 20.7 Å². The van der Waals surface area contributed by atoms with Gasteiger partial charge in [-0.3, -0.25) is 4.79 Å². The molecule has 9 heteroatoms. The summed E-state index contributed by atoms with van der Waals surface area (Å²) in [6, 6.07) is 19.8. The molecule has 0 fully saturated rings. The second-order valence-electron chi connectivity index (χ2n) is 8.60. The zero-order chi connectivity index (χ0) is 25.1. The van der Waals surface area contributed by atoms with Crippen molar-refractivity contribution >= 4 is 25.8 Å². The number of nitrogens with one attached hydrogen (secondary N) is 2. The summed E-state index contributed by atoms with van der Waals surface area (Å²) in [7, 11) is -7.90. The van der Waals surface area contributed by atoms with Gasteiger partial charge in [-0.1, -0.05) is 48.5 Å². The predicted octanol–water partition coefficient (Wildman–Crippen LogP) is 3.69. The van der Waals surface area contributed by atoms with Gasteiger partial charge in [0, 0.05) is 13.0 Å². The third-order valence-corrected chi connectivity index (χ3v) is 9.53. The smallest absolute Gasteiger partial charge is 0.240 e. The molecule has 3 aromatic carbocycles. The van der Waals surface area contributed by atoms with Gasteiger partial charge in [0.2, 0.25) is 25.8 Å². The molecule has 1 unspecified atom stereocenters. The van der Waals surface area contributed by atoms with E-state index in [2.05, 4.69) is 16.1 Å². The zero-order valence-corrected chi connectivity index (χ0v) is 21.0. The van der Waals surface area contributed by atoms with Crippen LogP contribution in [-0.2, 0) is 31.1 Å². The summed E-state index contributed by atoms with van der Waals surface area (Å²) in [6.07, 6.45) is 2.78. The van der Waals surface area contributed by atoms with Gasteiger partial charge in [0.1, 0.15) is 0 Å². The maximum Gasteiger partial charge on any atom is 0.240 e. The van der Waals surface area contributed by atoms with Crippen LogP contribution < -0.4 is 10.0 Å². The van der Waals surface area contributed by atoms with Crippen LogP contribution >= 0.6 is 0 Å². The van der Waals surface area contributed by atoms with E-state index in [1.807, 2.05) is 18.2 Å². The van der Waals surface area contributed by atoms with Gasteiger partial charge < -0.3 is 5.32 Å². The molecular weight excluding hydrogens is 484 g/mol. The van der Waals surface area contributed by atoms with Crippen LogP contribution in [0.5, 0.6) is 0 Å². The first-order valence-electron chi connectivity index (χ1n) is 11.5. The van der Waals surface area contributed by atoms with Crippen LogP contribution in [0.15, 0.2) is 87.5 Å². The van der Waals surface area contributed by atoms with E-state index >= 15 is 0 Å². The molecule has 3 aromatic rings. The number of carbonyl (C=O) groups is 1. The fourth-order valence-corrected chi connectivity index (χ4v) is 7.00. The first-order valence-corrected chi connectivity index (χ1v) is 14.4. The zero-order valence-electron chi connectivity index (χ0n) is 19.4. The van der Waals surface area contributed by atoms with E-state index in [4.69, 9.17) is 0 Å². The van der Waals surface area contributed by atoms with E-state index in [0.29, 0.717) is 5.56 Å². The highest BCUT2D eigenvalue weighted by molar-refractivity contribution is 7.91. The molecule has 184 valence electrons. The summed E-state index contributed by atoms with van der Waals surface area (Å²) < 4.78 is 54.2. The number of aryl methyl sites for hydroxylation is 2. The predicted molar refractivity (Wildman–Crippen MR) is 133 cm³/mol. The van der Waals surface area contributed by atoms with Crippen molar-refractivity contribution in [1.82, 2.24) is 10.0 Å². The van der Waals surface area contributed by atoms with Crippen molar-refractivity contribution in [1.29, 1.82) is 0 Å². The van der Waals surface area contributed by atoms with E-state index in [-0.39, 0.29) is 39.6 Å². The van der Waals surface area contributed by atoms with E-state index < -0.39 is 19.9 Å². The van der Waals surface area contributed by atoms with Gasteiger partial charge in [-0.25, -0.2) is 21.6 Å². The molecule has 1 aliphatic rings. The van der Waals surface area contributed by atoms with Crippen molar-refractivity contribution in [3.8, 4) is 0 Å². The number of sulfone groups is 1. The summed E-state index contributed by atoms with van der Waals surface area (Å²) in [5, 5.41) is 3.01. The summed E-state index contributed by atoms with van der Waals surface area (Å²) in [6.45, 7) is 1.50. The summed E-state index contributed by atoms with van der Waals surface area (Å²) >= 11 is 0. The van der Waals surface area contributed by atoms with E-state index in [0.717, 1.165) is 24.8 Å². The van der Waals surface area contributed by atoms with Gasteiger partial charge in [0.25, 0.3) is 0 Å². The van der Waals surface area contributed by atoms with E-state index in [1.165, 1.54) is 35.9 Å². The second-order valence-corrected chi connectivity index (χ2v) is 12.3. The largest absolute Gasteiger partial charge is 0.349 e. The number of hydrogen-bond acceptors (Lipinski definition) is 5. The SMILES string of the molecule is Cc1ccc(S(=O)(=O)c2ccccc2)cc1S(=O)(=O)NCCC(=O)NC1CCCc2ccccc21. The van der Waals surface area contributed by atoms with E-state index in [1.54, 1.807) is 25.1 Å². The minimum atomic E-state index is -4.03. The van der Waals surface area contributed by atoms with Crippen molar-refractivity contribution in [2.75, 3.05) is 6.54 Å². The Kier molecular flexibility index (Phi) is 7.39. The van der Waals surface area contributed by atoms with Crippen molar-refractivity contribution in [2.24, 2.45) is 0 Å². The lowest BCUT2D eigenvalue weighted by Crippen LogP contribution is -2.34. The number of benzene rings is 3. The number of sulfonamides is 1. The third-order valence-electron chi connectivity index (χ3n) is 6.16. The van der Waals surface area contributed by atoms with Gasteiger partial charge in [0.15, 0.2) is 0 Å². The molecule has 35 heavy (non-hydrogen) atoms. The molecular formula is C26H28N2O5S2. The third kappa shape index (κ3) is 5.63. The molecule has 0 bridgehead atoms. The first kappa shape index (κ1) is 25.1. The minimum absolute atomic E-state index is 0.0288. The molecule has 0 spiro atoms. The highest BCUT2D eigenvalue weighted by Crippen LogP contribution is 2.29. The fraction of sp³-hybridized carbons (Fsp3) is 0.269. The van der Waals surface area contributed by atoms with Crippen molar-refractivity contribution in [3.05, 3.63) is 89.5 Å². The summed E-state index contributed by atoms with van der Waals surface area (Å²) in [4.78, 5) is 12.4. The number of amides is 1. The molecule has 0 aliphatic heterocycles. The molecule has 7 nitrogen and oxygen atoms in total. The molecule has 1 amide bonds. The molecule has 4 rings (SSSR count). The first-order chi connectivity index (χ1) is 16.7. The van der Waals surface area contributed by atoms with E-state index in [9.17, 15) is 21.6 Å². The van der Waals surface area contributed by atoms with Crippen molar-refractivity contribution in [3.63, 3.8) is 0 Å². The lowest BCUT2D eigenvalue weighted by molar-refractivity contribution is -0.121. The van der Waals surface area contributed by atoms with Gasteiger partial charge >= 0.3 is 0 Å². The topological polar surface area (TPSA) is 109 Å². The monoisotopic (exact) mass is 512 g/mol. The van der Waals surface area contributed by atoms with Crippen LogP contribution in [0.4, 0.5) is 0 Å². The Balaban J connectivity index is 1.43. The summed E-state index contributed by atoms with van der Waals surface area (Å²) in [5.74, 6) is -0.244. The minimum Gasteiger partial charge on any atom is -0.349 e. The lowest BCUT2D eigenvalue weighted by Gasteiger charge is -2.26. The highest BCUT2D eigenvalue weighted by Gasteiger charge is 2.24. The van der Waals surface area contributed by atoms with Gasteiger partial charge in [-0.05, 0) is 67.1 Å². The molecule has 0 saturated carbocycles. The fourth-order valence-electron chi connectivity index (χ4n) is 4.32. The van der Waals surface area contributed by atoms with Crippen LogP contribution in [0.3, 0.4) is 0 Å².